The van der Waals surface area contributed by atoms with E-state index in [-0.39, 0.29) is 18.5 Å². The van der Waals surface area contributed by atoms with E-state index in [1.165, 1.54) is 0 Å². The van der Waals surface area contributed by atoms with Gasteiger partial charge in [0.15, 0.2) is 5.82 Å². The molecule has 1 aromatic carbocycles. The quantitative estimate of drug-likeness (QED) is 0.840. The number of fused-ring (bicyclic) bond motifs is 1. The van der Waals surface area contributed by atoms with Crippen molar-refractivity contribution in [3.8, 4) is 11.5 Å². The number of esters is 1. The third kappa shape index (κ3) is 1.97. The van der Waals surface area contributed by atoms with Crippen LogP contribution in [0, 0.1) is 6.92 Å². The van der Waals surface area contributed by atoms with Crippen LogP contribution in [-0.4, -0.2) is 37.0 Å². The molecule has 7 heteroatoms. The van der Waals surface area contributed by atoms with Crippen LogP contribution in [0.15, 0.2) is 29.5 Å². The van der Waals surface area contributed by atoms with Gasteiger partial charge in [0.05, 0.1) is 31.4 Å². The van der Waals surface area contributed by atoms with Crippen molar-refractivity contribution in [2.45, 2.75) is 12.8 Å². The highest BCUT2D eigenvalue weighted by atomic mass is 16.5. The van der Waals surface area contributed by atoms with Crippen LogP contribution in [-0.2, 0) is 9.53 Å². The molecule has 2 aromatic rings. The summed E-state index contributed by atoms with van der Waals surface area (Å²) in [5, 5.41) is 10.5. The molecule has 0 saturated heterocycles. The molecule has 2 aliphatic rings. The Bertz CT molecular complexity index is 869. The van der Waals surface area contributed by atoms with Gasteiger partial charge in [-0.1, -0.05) is 6.07 Å². The van der Waals surface area contributed by atoms with Gasteiger partial charge in [0, 0.05) is 22.9 Å². The second-order valence-electron chi connectivity index (χ2n) is 5.75. The summed E-state index contributed by atoms with van der Waals surface area (Å²) in [5.41, 5.74) is 4.05. The van der Waals surface area contributed by atoms with Gasteiger partial charge in [-0.3, -0.25) is 5.10 Å². The molecule has 2 aliphatic heterocycles. The maximum atomic E-state index is 12.3. The minimum Gasteiger partial charge on any atom is -0.497 e. The number of aromatic nitrogens is 2. The molecular weight excluding hydrogens is 310 g/mol. The topological polar surface area (TPSA) is 85.5 Å². The van der Waals surface area contributed by atoms with Gasteiger partial charge in [0.1, 0.15) is 18.1 Å². The van der Waals surface area contributed by atoms with E-state index in [0.29, 0.717) is 22.9 Å². The highest BCUT2D eigenvalue weighted by molar-refractivity contribution is 5.97. The third-order valence-electron chi connectivity index (χ3n) is 4.49. The first kappa shape index (κ1) is 14.6. The highest BCUT2D eigenvalue weighted by Crippen LogP contribution is 2.47. The van der Waals surface area contributed by atoms with Gasteiger partial charge < -0.3 is 19.5 Å². The molecule has 24 heavy (non-hydrogen) atoms. The van der Waals surface area contributed by atoms with Gasteiger partial charge in [-0.15, -0.1) is 0 Å². The van der Waals surface area contributed by atoms with E-state index < -0.39 is 0 Å². The predicted molar refractivity (Wildman–Crippen MR) is 86.3 cm³/mol. The Morgan fingerprint density at radius 3 is 2.88 bits per heavy atom. The first-order valence-electron chi connectivity index (χ1n) is 7.58. The summed E-state index contributed by atoms with van der Waals surface area (Å²) in [7, 11) is 3.21. The molecule has 0 fully saturated rings. The van der Waals surface area contributed by atoms with E-state index in [0.717, 1.165) is 22.5 Å². The van der Waals surface area contributed by atoms with E-state index in [1.54, 1.807) is 14.2 Å². The zero-order valence-electron chi connectivity index (χ0n) is 13.6. The number of carbonyl (C=O) groups excluding carboxylic acids is 1. The number of cyclic esters (lactones) is 1. The summed E-state index contributed by atoms with van der Waals surface area (Å²) >= 11 is 0. The number of aromatic amines is 1. The van der Waals surface area contributed by atoms with Gasteiger partial charge in [-0.25, -0.2) is 4.79 Å². The molecule has 3 heterocycles. The molecule has 0 spiro atoms. The summed E-state index contributed by atoms with van der Waals surface area (Å²) in [5.74, 6) is 1.45. The van der Waals surface area contributed by atoms with Crippen molar-refractivity contribution >= 4 is 11.8 Å². The van der Waals surface area contributed by atoms with Crippen LogP contribution < -0.4 is 14.8 Å². The number of methoxy groups -OCH3 is 2. The fourth-order valence-corrected chi connectivity index (χ4v) is 3.35. The maximum Gasteiger partial charge on any atom is 0.337 e. The van der Waals surface area contributed by atoms with Crippen molar-refractivity contribution in [1.82, 2.24) is 10.2 Å². The Labute approximate surface area is 138 Å². The molecule has 1 aromatic heterocycles. The first-order chi connectivity index (χ1) is 11.6. The Morgan fingerprint density at radius 1 is 1.29 bits per heavy atom. The van der Waals surface area contributed by atoms with E-state index in [1.807, 2.05) is 25.1 Å². The zero-order valence-corrected chi connectivity index (χ0v) is 13.6. The molecule has 7 nitrogen and oxygen atoms in total. The normalized spacial score (nSPS) is 18.6. The number of carbonyl (C=O) groups is 1. The molecule has 0 aliphatic carbocycles. The zero-order chi connectivity index (χ0) is 16.8. The number of anilines is 1. The smallest absolute Gasteiger partial charge is 0.337 e. The molecule has 0 unspecified atom stereocenters. The lowest BCUT2D eigenvalue weighted by molar-refractivity contribution is -0.136. The van der Waals surface area contributed by atoms with Crippen LogP contribution >= 0.6 is 0 Å². The lowest BCUT2D eigenvalue weighted by Crippen LogP contribution is -2.20. The van der Waals surface area contributed by atoms with Crippen LogP contribution in [0.1, 0.15) is 22.7 Å². The van der Waals surface area contributed by atoms with Crippen LogP contribution in [0.4, 0.5) is 5.82 Å². The van der Waals surface area contributed by atoms with Crippen LogP contribution in [0.3, 0.4) is 0 Å². The van der Waals surface area contributed by atoms with Crippen LogP contribution in [0.5, 0.6) is 11.5 Å². The fourth-order valence-electron chi connectivity index (χ4n) is 3.35. The number of H-pyrrole nitrogens is 1. The number of hydrogen-bond donors (Lipinski definition) is 2. The molecule has 0 saturated carbocycles. The summed E-state index contributed by atoms with van der Waals surface area (Å²) in [6.45, 7) is 2.16. The number of nitrogens with zero attached hydrogens (tertiary/aromatic N) is 1. The number of benzene rings is 1. The van der Waals surface area contributed by atoms with Crippen molar-refractivity contribution < 1.29 is 19.0 Å². The number of rotatable bonds is 3. The third-order valence-corrected chi connectivity index (χ3v) is 4.49. The summed E-state index contributed by atoms with van der Waals surface area (Å²) in [4.78, 5) is 12.3. The van der Waals surface area contributed by atoms with Gasteiger partial charge in [-0.2, -0.15) is 5.10 Å². The van der Waals surface area contributed by atoms with Gasteiger partial charge >= 0.3 is 5.97 Å². The second kappa shape index (κ2) is 5.30. The second-order valence-corrected chi connectivity index (χ2v) is 5.75. The van der Waals surface area contributed by atoms with E-state index in [9.17, 15) is 4.79 Å². The summed E-state index contributed by atoms with van der Waals surface area (Å²) < 4.78 is 16.1. The molecule has 0 amide bonds. The number of ether oxygens (including phenoxy) is 3. The van der Waals surface area contributed by atoms with E-state index in [2.05, 4.69) is 15.5 Å². The lowest BCUT2D eigenvalue weighted by Gasteiger charge is -2.25. The average Bonchev–Trinajstić information content (AvgIpc) is 3.16. The predicted octanol–water partition coefficient (Wildman–Crippen LogP) is 2.10. The van der Waals surface area contributed by atoms with E-state index >= 15 is 0 Å². The van der Waals surface area contributed by atoms with Gasteiger partial charge in [-0.05, 0) is 13.0 Å². The minimum absolute atomic E-state index is 0.231. The van der Waals surface area contributed by atoms with Crippen LogP contribution in [0.2, 0.25) is 0 Å². The summed E-state index contributed by atoms with van der Waals surface area (Å²) in [6, 6.07) is 5.59. The van der Waals surface area contributed by atoms with Crippen molar-refractivity contribution in [2.75, 3.05) is 26.1 Å². The van der Waals surface area contributed by atoms with Crippen molar-refractivity contribution in [2.24, 2.45) is 0 Å². The number of hydrogen-bond acceptors (Lipinski definition) is 6. The van der Waals surface area contributed by atoms with Crippen molar-refractivity contribution in [3.63, 3.8) is 0 Å². The molecule has 124 valence electrons. The first-order valence-corrected chi connectivity index (χ1v) is 7.58. The standard InChI is InChI=1S/C17H17N3O4/c1-8-13-14(10-5-4-9(22-2)6-12(10)23-3)15-11(7-24-17(15)21)18-16(13)20-19-8/h4-6,14H,7H2,1-3H3,(H2,18,19,20)/t14-/m1/s1. The molecule has 2 N–H and O–H groups in total. The maximum absolute atomic E-state index is 12.3. The average molecular weight is 327 g/mol. The molecule has 1 atom stereocenters. The lowest BCUT2D eigenvalue weighted by atomic mass is 9.81. The highest BCUT2D eigenvalue weighted by Gasteiger charge is 2.41. The van der Waals surface area contributed by atoms with Crippen LogP contribution in [0.25, 0.3) is 0 Å². The van der Waals surface area contributed by atoms with Crippen molar-refractivity contribution in [3.05, 3.63) is 46.3 Å². The van der Waals surface area contributed by atoms with Crippen molar-refractivity contribution in [1.29, 1.82) is 0 Å². The SMILES string of the molecule is COc1ccc([C@H]2C3=C(COC3=O)Nc3n[nH]c(C)c32)c(OC)c1. The molecule has 4 rings (SSSR count). The molecule has 0 bridgehead atoms. The fraction of sp³-hybridized carbons (Fsp3) is 0.294. The Hall–Kier alpha value is -2.96. The van der Waals surface area contributed by atoms with Gasteiger partial charge in [0.2, 0.25) is 0 Å². The molecular formula is C17H17N3O4. The number of nitrogens with one attached hydrogen (secondary N) is 2. The number of aryl methyl sites for hydroxylation is 1. The monoisotopic (exact) mass is 327 g/mol. The Balaban J connectivity index is 1.95. The van der Waals surface area contributed by atoms with Gasteiger partial charge in [0.25, 0.3) is 0 Å². The van der Waals surface area contributed by atoms with E-state index in [4.69, 9.17) is 14.2 Å². The molecule has 0 radical (unpaired) electrons. The Kier molecular flexibility index (Phi) is 3.23. The largest absolute Gasteiger partial charge is 0.497 e. The minimum atomic E-state index is -0.313. The Morgan fingerprint density at radius 2 is 2.12 bits per heavy atom. The summed E-state index contributed by atoms with van der Waals surface area (Å²) in [6.07, 6.45) is 0.